The van der Waals surface area contributed by atoms with E-state index in [0.717, 1.165) is 17.2 Å². The van der Waals surface area contributed by atoms with Crippen LogP contribution in [0, 0.1) is 6.92 Å². The fourth-order valence-corrected chi connectivity index (χ4v) is 1.60. The van der Waals surface area contributed by atoms with Gasteiger partial charge >= 0.3 is 0 Å². The van der Waals surface area contributed by atoms with E-state index in [2.05, 4.69) is 15.3 Å². The van der Waals surface area contributed by atoms with Crippen molar-refractivity contribution >= 4 is 17.3 Å². The standard InChI is InChI=1S/C13H16N4O/c1-9-14-8-12(15-9)13(18)16-10-5-4-6-11(7-10)17(2)3/h4-8H,1-3H3,(H,14,15)(H,16,18). The molecule has 1 aromatic heterocycles. The fourth-order valence-electron chi connectivity index (χ4n) is 1.60. The molecule has 2 N–H and O–H groups in total. The minimum atomic E-state index is -0.188. The van der Waals surface area contributed by atoms with Gasteiger partial charge in [0, 0.05) is 25.5 Å². The second kappa shape index (κ2) is 4.91. The first-order valence-electron chi connectivity index (χ1n) is 5.66. The highest BCUT2D eigenvalue weighted by molar-refractivity contribution is 6.02. The molecule has 0 aliphatic heterocycles. The zero-order chi connectivity index (χ0) is 13.1. The van der Waals surface area contributed by atoms with Crippen LogP contribution in [0.1, 0.15) is 16.3 Å². The van der Waals surface area contributed by atoms with Crippen molar-refractivity contribution in [2.45, 2.75) is 6.92 Å². The van der Waals surface area contributed by atoms with Crippen molar-refractivity contribution in [3.63, 3.8) is 0 Å². The number of aromatic amines is 1. The molecule has 0 bridgehead atoms. The van der Waals surface area contributed by atoms with Crippen molar-refractivity contribution < 1.29 is 4.79 Å². The highest BCUT2D eigenvalue weighted by Crippen LogP contribution is 2.17. The number of hydrogen-bond acceptors (Lipinski definition) is 3. The maximum atomic E-state index is 11.9. The Morgan fingerprint density at radius 2 is 2.17 bits per heavy atom. The molecule has 5 nitrogen and oxygen atoms in total. The quantitative estimate of drug-likeness (QED) is 0.868. The van der Waals surface area contributed by atoms with Crippen LogP contribution in [0.2, 0.25) is 0 Å². The molecule has 94 valence electrons. The molecule has 1 heterocycles. The number of rotatable bonds is 3. The molecule has 0 unspecified atom stereocenters. The summed E-state index contributed by atoms with van der Waals surface area (Å²) in [5.74, 6) is 0.536. The van der Waals surface area contributed by atoms with Gasteiger partial charge in [0.1, 0.15) is 11.5 Å². The van der Waals surface area contributed by atoms with Crippen molar-refractivity contribution in [1.82, 2.24) is 9.97 Å². The Bertz CT molecular complexity index is 560. The number of nitrogens with one attached hydrogen (secondary N) is 2. The minimum absolute atomic E-state index is 0.188. The average molecular weight is 244 g/mol. The Kier molecular flexibility index (Phi) is 3.32. The molecule has 2 aromatic rings. The summed E-state index contributed by atoms with van der Waals surface area (Å²) in [7, 11) is 3.92. The van der Waals surface area contributed by atoms with Gasteiger partial charge in [0.25, 0.3) is 5.91 Å². The molecular formula is C13H16N4O. The Morgan fingerprint density at radius 3 is 2.78 bits per heavy atom. The molecule has 0 spiro atoms. The van der Waals surface area contributed by atoms with E-state index in [1.807, 2.05) is 50.2 Å². The lowest BCUT2D eigenvalue weighted by atomic mass is 10.2. The van der Waals surface area contributed by atoms with Crippen LogP contribution in [-0.2, 0) is 0 Å². The lowest BCUT2D eigenvalue weighted by Gasteiger charge is -2.13. The molecule has 0 atom stereocenters. The predicted octanol–water partition coefficient (Wildman–Crippen LogP) is 2.04. The van der Waals surface area contributed by atoms with Gasteiger partial charge in [0.05, 0.1) is 6.20 Å². The number of anilines is 2. The van der Waals surface area contributed by atoms with Gasteiger partial charge in [-0.2, -0.15) is 0 Å². The summed E-state index contributed by atoms with van der Waals surface area (Å²) in [5, 5.41) is 2.83. The van der Waals surface area contributed by atoms with E-state index in [0.29, 0.717) is 5.69 Å². The summed E-state index contributed by atoms with van der Waals surface area (Å²) in [6.45, 7) is 1.81. The summed E-state index contributed by atoms with van der Waals surface area (Å²) in [5.41, 5.74) is 2.26. The third-order valence-corrected chi connectivity index (χ3v) is 2.57. The molecule has 0 saturated heterocycles. The van der Waals surface area contributed by atoms with Crippen LogP contribution in [0.25, 0.3) is 0 Å². The predicted molar refractivity (Wildman–Crippen MR) is 72.0 cm³/mol. The summed E-state index contributed by atoms with van der Waals surface area (Å²) >= 11 is 0. The largest absolute Gasteiger partial charge is 0.378 e. The minimum Gasteiger partial charge on any atom is -0.378 e. The van der Waals surface area contributed by atoms with Crippen molar-refractivity contribution in [1.29, 1.82) is 0 Å². The van der Waals surface area contributed by atoms with Crippen LogP contribution in [0.5, 0.6) is 0 Å². The van der Waals surface area contributed by atoms with E-state index in [4.69, 9.17) is 0 Å². The van der Waals surface area contributed by atoms with Crippen molar-refractivity contribution in [3.05, 3.63) is 42.0 Å². The number of carbonyl (C=O) groups excluding carboxylic acids is 1. The van der Waals surface area contributed by atoms with E-state index in [9.17, 15) is 4.79 Å². The summed E-state index contributed by atoms with van der Waals surface area (Å²) < 4.78 is 0. The van der Waals surface area contributed by atoms with Gasteiger partial charge < -0.3 is 15.2 Å². The number of nitrogens with zero attached hydrogens (tertiary/aromatic N) is 2. The van der Waals surface area contributed by atoms with Gasteiger partial charge in [-0.15, -0.1) is 0 Å². The molecule has 1 amide bonds. The van der Waals surface area contributed by atoms with Crippen LogP contribution >= 0.6 is 0 Å². The topological polar surface area (TPSA) is 61.0 Å². The summed E-state index contributed by atoms with van der Waals surface area (Å²) in [6.07, 6.45) is 1.53. The Morgan fingerprint density at radius 1 is 1.39 bits per heavy atom. The fraction of sp³-hybridized carbons (Fsp3) is 0.231. The van der Waals surface area contributed by atoms with Crippen LogP contribution in [-0.4, -0.2) is 30.0 Å². The first-order valence-corrected chi connectivity index (χ1v) is 5.66. The number of aromatic nitrogens is 2. The zero-order valence-corrected chi connectivity index (χ0v) is 10.7. The summed E-state index contributed by atoms with van der Waals surface area (Å²) in [6, 6.07) is 7.66. The highest BCUT2D eigenvalue weighted by atomic mass is 16.1. The first-order chi connectivity index (χ1) is 8.56. The molecule has 0 radical (unpaired) electrons. The average Bonchev–Trinajstić information content (AvgIpc) is 2.76. The van der Waals surface area contributed by atoms with Gasteiger partial charge in [-0.25, -0.2) is 4.98 Å². The maximum absolute atomic E-state index is 11.9. The number of hydrogen-bond donors (Lipinski definition) is 2. The SMILES string of the molecule is Cc1ncc(C(=O)Nc2cccc(N(C)C)c2)[nH]1. The van der Waals surface area contributed by atoms with Gasteiger partial charge in [-0.1, -0.05) is 6.07 Å². The number of imidazole rings is 1. The summed E-state index contributed by atoms with van der Waals surface area (Å²) in [4.78, 5) is 20.8. The van der Waals surface area contributed by atoms with Crippen LogP contribution in [0.4, 0.5) is 11.4 Å². The van der Waals surface area contributed by atoms with Gasteiger partial charge in [-0.05, 0) is 25.1 Å². The van der Waals surface area contributed by atoms with Crippen LogP contribution in [0.15, 0.2) is 30.5 Å². The molecule has 2 rings (SSSR count). The second-order valence-corrected chi connectivity index (χ2v) is 4.28. The van der Waals surface area contributed by atoms with E-state index >= 15 is 0 Å². The van der Waals surface area contributed by atoms with Gasteiger partial charge in [0.15, 0.2) is 0 Å². The Hall–Kier alpha value is -2.30. The number of carbonyl (C=O) groups is 1. The van der Waals surface area contributed by atoms with Crippen molar-refractivity contribution in [2.24, 2.45) is 0 Å². The van der Waals surface area contributed by atoms with Crippen molar-refractivity contribution in [3.8, 4) is 0 Å². The van der Waals surface area contributed by atoms with E-state index in [1.54, 1.807) is 0 Å². The molecular weight excluding hydrogens is 228 g/mol. The number of benzene rings is 1. The maximum Gasteiger partial charge on any atom is 0.273 e. The van der Waals surface area contributed by atoms with Crippen LogP contribution < -0.4 is 10.2 Å². The number of H-pyrrole nitrogens is 1. The Labute approximate surface area is 106 Å². The zero-order valence-electron chi connectivity index (χ0n) is 10.7. The molecule has 1 aromatic carbocycles. The monoisotopic (exact) mass is 244 g/mol. The van der Waals surface area contributed by atoms with E-state index < -0.39 is 0 Å². The third-order valence-electron chi connectivity index (χ3n) is 2.57. The molecule has 0 aliphatic carbocycles. The Balaban J connectivity index is 2.14. The second-order valence-electron chi connectivity index (χ2n) is 4.28. The number of amides is 1. The number of aryl methyl sites for hydroxylation is 1. The first kappa shape index (κ1) is 12.2. The van der Waals surface area contributed by atoms with Gasteiger partial charge in [-0.3, -0.25) is 4.79 Å². The molecule has 18 heavy (non-hydrogen) atoms. The lowest BCUT2D eigenvalue weighted by Crippen LogP contribution is -2.13. The molecule has 0 saturated carbocycles. The smallest absolute Gasteiger partial charge is 0.273 e. The van der Waals surface area contributed by atoms with E-state index in [1.165, 1.54) is 6.20 Å². The highest BCUT2D eigenvalue weighted by Gasteiger charge is 2.08. The third kappa shape index (κ3) is 2.68. The van der Waals surface area contributed by atoms with E-state index in [-0.39, 0.29) is 5.91 Å². The lowest BCUT2D eigenvalue weighted by molar-refractivity contribution is 0.102. The van der Waals surface area contributed by atoms with Crippen LogP contribution in [0.3, 0.4) is 0 Å². The van der Waals surface area contributed by atoms with Crippen molar-refractivity contribution in [2.75, 3.05) is 24.3 Å². The normalized spacial score (nSPS) is 10.2. The molecule has 0 aliphatic rings. The van der Waals surface area contributed by atoms with Gasteiger partial charge in [0.2, 0.25) is 0 Å². The molecule has 5 heteroatoms. The molecule has 0 fully saturated rings.